The molecule has 42 heavy (non-hydrogen) atoms. The minimum Gasteiger partial charge on any atom is -0.237 e. The van der Waals surface area contributed by atoms with Gasteiger partial charge in [-0.05, 0) is 61.1 Å². The molecule has 0 spiro atoms. The van der Waals surface area contributed by atoms with Crippen molar-refractivity contribution in [1.82, 2.24) is 9.13 Å². The summed E-state index contributed by atoms with van der Waals surface area (Å²) in [6, 6.07) is 16.8. The van der Waals surface area contributed by atoms with Crippen molar-refractivity contribution in [3.63, 3.8) is 0 Å². The molecule has 2 heterocycles. The van der Waals surface area contributed by atoms with Gasteiger partial charge in [-0.2, -0.15) is 10.2 Å². The van der Waals surface area contributed by atoms with Crippen molar-refractivity contribution in [2.75, 3.05) is 0 Å². The maximum atomic E-state index is 4.46. The molecule has 0 fully saturated rings. The Hall–Kier alpha value is -3.54. The Morgan fingerprint density at radius 2 is 0.881 bits per heavy atom. The fraction of sp³-hybridized carbons (Fsp3) is 0.500. The second kappa shape index (κ2) is 18.1. The second-order valence-corrected chi connectivity index (χ2v) is 11.7. The van der Waals surface area contributed by atoms with E-state index in [0.29, 0.717) is 0 Å². The minimum atomic E-state index is 0.864. The van der Waals surface area contributed by atoms with E-state index in [-0.39, 0.29) is 0 Å². The maximum absolute atomic E-state index is 4.46. The largest absolute Gasteiger partial charge is 0.244 e. The van der Waals surface area contributed by atoms with E-state index in [1.165, 1.54) is 88.2 Å². The smallest absolute Gasteiger partial charge is 0.237 e. The highest BCUT2D eigenvalue weighted by atomic mass is 15.1. The molecule has 0 saturated heterocycles. The quantitative estimate of drug-likeness (QED) is 0.0580. The first-order chi connectivity index (χ1) is 20.7. The van der Waals surface area contributed by atoms with E-state index in [0.717, 1.165) is 37.6 Å². The van der Waals surface area contributed by atoms with E-state index in [9.17, 15) is 0 Å². The van der Waals surface area contributed by atoms with Crippen molar-refractivity contribution in [3.05, 3.63) is 97.1 Å². The van der Waals surface area contributed by atoms with Crippen LogP contribution in [0.2, 0.25) is 0 Å². The summed E-state index contributed by atoms with van der Waals surface area (Å²) < 4.78 is 9.11. The topological polar surface area (TPSA) is 42.3 Å². The normalized spacial score (nSPS) is 11.6. The molecular formula is C36H52N6+2. The van der Waals surface area contributed by atoms with Gasteiger partial charge in [-0.1, -0.05) is 89.5 Å². The zero-order valence-corrected chi connectivity index (χ0v) is 26.1. The fourth-order valence-electron chi connectivity index (χ4n) is 5.35. The van der Waals surface area contributed by atoms with Crippen LogP contribution in [0.15, 0.2) is 96.2 Å². The molecule has 2 aromatic carbocycles. The predicted molar refractivity (Wildman–Crippen MR) is 171 cm³/mol. The Morgan fingerprint density at radius 3 is 1.29 bits per heavy atom. The molecule has 0 N–H and O–H groups in total. The van der Waals surface area contributed by atoms with Crippen molar-refractivity contribution in [1.29, 1.82) is 0 Å². The molecule has 6 heteroatoms. The lowest BCUT2D eigenvalue weighted by Gasteiger charge is -2.01. The van der Waals surface area contributed by atoms with Gasteiger partial charge in [-0.3, -0.25) is 0 Å². The third kappa shape index (κ3) is 11.4. The molecule has 0 saturated carbocycles. The van der Waals surface area contributed by atoms with Gasteiger partial charge in [0, 0.05) is 0 Å². The summed E-state index contributed by atoms with van der Waals surface area (Å²) in [5, 5.41) is 8.93. The summed E-state index contributed by atoms with van der Waals surface area (Å²) in [5.74, 6) is 0. The molecular weight excluding hydrogens is 516 g/mol. The van der Waals surface area contributed by atoms with Crippen LogP contribution in [-0.4, -0.2) is 9.13 Å². The fourth-order valence-corrected chi connectivity index (χ4v) is 5.35. The summed E-state index contributed by atoms with van der Waals surface area (Å²) in [4.78, 5) is 0. The van der Waals surface area contributed by atoms with Crippen molar-refractivity contribution < 1.29 is 9.13 Å². The van der Waals surface area contributed by atoms with Gasteiger partial charge >= 0.3 is 0 Å². The third-order valence-electron chi connectivity index (χ3n) is 7.92. The number of rotatable bonds is 20. The van der Waals surface area contributed by atoms with Crippen molar-refractivity contribution >= 4 is 11.4 Å². The highest BCUT2D eigenvalue weighted by molar-refractivity contribution is 5.41. The summed E-state index contributed by atoms with van der Waals surface area (Å²) in [7, 11) is 0. The van der Waals surface area contributed by atoms with Gasteiger partial charge in [0.15, 0.2) is 0 Å². The van der Waals surface area contributed by atoms with Crippen LogP contribution in [0.3, 0.4) is 0 Å². The summed E-state index contributed by atoms with van der Waals surface area (Å²) in [5.41, 5.74) is 4.27. The molecule has 0 aliphatic heterocycles. The molecule has 0 atom stereocenters. The first-order valence-electron chi connectivity index (χ1n) is 16.4. The Bertz CT molecular complexity index is 1200. The zero-order chi connectivity index (χ0) is 29.2. The number of hydrogen-bond acceptors (Lipinski definition) is 2. The summed E-state index contributed by atoms with van der Waals surface area (Å²) >= 11 is 0. The lowest BCUT2D eigenvalue weighted by Crippen LogP contribution is -2.31. The number of unbranched alkanes of at least 4 members (excludes halogenated alkanes) is 10. The van der Waals surface area contributed by atoms with Crippen molar-refractivity contribution in [3.8, 4) is 0 Å². The first kappa shape index (κ1) is 31.4. The third-order valence-corrected chi connectivity index (χ3v) is 7.92. The van der Waals surface area contributed by atoms with E-state index in [1.807, 2.05) is 24.3 Å². The number of azo groups is 1. The Morgan fingerprint density at radius 1 is 0.500 bits per heavy atom. The number of nitrogens with zero attached hydrogens (tertiary/aromatic N) is 6. The van der Waals surface area contributed by atoms with Crippen LogP contribution in [0.4, 0.5) is 11.4 Å². The number of imidazole rings is 2. The Kier molecular flexibility index (Phi) is 13.5. The molecule has 6 nitrogen and oxygen atoms in total. The molecule has 0 aliphatic carbocycles. The average Bonchev–Trinajstić information content (AvgIpc) is 3.66. The summed E-state index contributed by atoms with van der Waals surface area (Å²) in [6.07, 6.45) is 29.1. The van der Waals surface area contributed by atoms with Crippen LogP contribution in [0.1, 0.15) is 102 Å². The Labute approximate surface area is 253 Å². The molecule has 224 valence electrons. The van der Waals surface area contributed by atoms with Gasteiger partial charge in [0.05, 0.1) is 24.5 Å². The second-order valence-electron chi connectivity index (χ2n) is 11.7. The van der Waals surface area contributed by atoms with Gasteiger partial charge in [0.2, 0.25) is 12.7 Å². The predicted octanol–water partition coefficient (Wildman–Crippen LogP) is 9.10. The number of benzene rings is 2. The van der Waals surface area contributed by atoms with Crippen LogP contribution >= 0.6 is 0 Å². The van der Waals surface area contributed by atoms with E-state index < -0.39 is 0 Å². The van der Waals surface area contributed by atoms with Crippen LogP contribution in [0.5, 0.6) is 0 Å². The van der Waals surface area contributed by atoms with Crippen LogP contribution < -0.4 is 9.13 Å². The van der Waals surface area contributed by atoms with E-state index in [2.05, 4.69) is 104 Å². The molecule has 0 aliphatic rings. The lowest BCUT2D eigenvalue weighted by atomic mass is 10.1. The Balaban J connectivity index is 1.17. The maximum Gasteiger partial charge on any atom is 0.244 e. The molecule has 0 radical (unpaired) electrons. The lowest BCUT2D eigenvalue weighted by molar-refractivity contribution is -0.688. The number of aryl methyl sites for hydroxylation is 2. The molecule has 4 aromatic rings. The molecule has 0 unspecified atom stereocenters. The first-order valence-corrected chi connectivity index (χ1v) is 16.4. The standard InChI is InChI=1S/C36H52N6/c1-3-5-7-9-11-13-23-39-25-27-41(31-39)29-33-15-19-35(20-16-33)37-38-36-21-17-34(18-22-36)30-42-28-26-40(32-42)24-14-12-10-8-6-4-2/h15-22,25-28,31-32H,3-14,23-24,29-30H2,1-2H3/q+2. The summed E-state index contributed by atoms with van der Waals surface area (Å²) in [6.45, 7) is 8.47. The van der Waals surface area contributed by atoms with E-state index in [4.69, 9.17) is 0 Å². The van der Waals surface area contributed by atoms with Gasteiger partial charge in [0.1, 0.15) is 37.9 Å². The monoisotopic (exact) mass is 568 g/mol. The molecule has 4 rings (SSSR count). The van der Waals surface area contributed by atoms with Crippen LogP contribution in [0, 0.1) is 0 Å². The van der Waals surface area contributed by atoms with Gasteiger partial charge < -0.3 is 0 Å². The van der Waals surface area contributed by atoms with Gasteiger partial charge in [-0.25, -0.2) is 18.3 Å². The van der Waals surface area contributed by atoms with Crippen molar-refractivity contribution in [2.45, 2.75) is 117 Å². The average molecular weight is 569 g/mol. The number of hydrogen-bond donors (Lipinski definition) is 0. The highest BCUT2D eigenvalue weighted by Crippen LogP contribution is 2.19. The highest BCUT2D eigenvalue weighted by Gasteiger charge is 2.07. The van der Waals surface area contributed by atoms with Gasteiger partial charge in [-0.15, -0.1) is 0 Å². The SMILES string of the molecule is CCCCCCCCn1cc[n+](Cc2ccc(N=Nc3ccc(C[n+]4ccn(CCCCCCCC)c4)cc3)cc2)c1. The number of aromatic nitrogens is 4. The van der Waals surface area contributed by atoms with Crippen molar-refractivity contribution in [2.24, 2.45) is 10.2 Å². The van der Waals surface area contributed by atoms with E-state index in [1.54, 1.807) is 0 Å². The molecule has 0 bridgehead atoms. The molecule has 2 aromatic heterocycles. The van der Waals surface area contributed by atoms with Gasteiger partial charge in [0.25, 0.3) is 0 Å². The van der Waals surface area contributed by atoms with Crippen LogP contribution in [0.25, 0.3) is 0 Å². The van der Waals surface area contributed by atoms with E-state index >= 15 is 0 Å². The van der Waals surface area contributed by atoms with Crippen LogP contribution in [-0.2, 0) is 26.2 Å². The minimum absolute atomic E-state index is 0.864. The molecule has 0 amide bonds. The zero-order valence-electron chi connectivity index (χ0n) is 26.1.